The number of rotatable bonds is 2. The molecule has 2 aromatic carbocycles. The lowest BCUT2D eigenvalue weighted by Crippen LogP contribution is -2.35. The van der Waals surface area contributed by atoms with Gasteiger partial charge in [0.05, 0.1) is 17.5 Å². The summed E-state index contributed by atoms with van der Waals surface area (Å²) in [6.07, 6.45) is 0.176. The average molecular weight is 349 g/mol. The fourth-order valence-corrected chi connectivity index (χ4v) is 2.63. The van der Waals surface area contributed by atoms with Gasteiger partial charge in [-0.25, -0.2) is 13.2 Å². The Morgan fingerprint density at radius 3 is 2.56 bits per heavy atom. The lowest BCUT2D eigenvalue weighted by molar-refractivity contribution is 0.0620. The van der Waals surface area contributed by atoms with Crippen LogP contribution >= 0.6 is 0 Å². The van der Waals surface area contributed by atoms with Crippen molar-refractivity contribution in [3.8, 4) is 5.75 Å². The average Bonchev–Trinajstić information content (AvgIpc) is 2.52. The van der Waals surface area contributed by atoms with Gasteiger partial charge < -0.3 is 10.1 Å². The summed E-state index contributed by atoms with van der Waals surface area (Å²) in [7, 11) is 0. The summed E-state index contributed by atoms with van der Waals surface area (Å²) in [6.45, 7) is 3.57. The highest BCUT2D eigenvalue weighted by Gasteiger charge is 2.32. The van der Waals surface area contributed by atoms with Gasteiger partial charge >= 0.3 is 0 Å². The number of hydrogen-bond acceptors (Lipinski definition) is 3. The molecule has 0 radical (unpaired) electrons. The molecule has 2 aromatic rings. The number of ether oxygens (including phenoxy) is 1. The van der Waals surface area contributed by atoms with Crippen molar-refractivity contribution in [1.82, 2.24) is 0 Å². The van der Waals surface area contributed by atoms with Gasteiger partial charge in [0.1, 0.15) is 11.4 Å². The first-order valence-electron chi connectivity index (χ1n) is 7.49. The summed E-state index contributed by atoms with van der Waals surface area (Å²) < 4.78 is 45.6. The number of anilines is 1. The van der Waals surface area contributed by atoms with Crippen molar-refractivity contribution in [2.75, 3.05) is 5.32 Å². The van der Waals surface area contributed by atoms with Crippen LogP contribution < -0.4 is 10.1 Å². The lowest BCUT2D eigenvalue weighted by Gasteiger charge is -2.31. The Bertz CT molecular complexity index is 893. The number of benzene rings is 2. The van der Waals surface area contributed by atoms with Gasteiger partial charge in [-0.2, -0.15) is 0 Å². The molecule has 1 aliphatic heterocycles. The number of carbonyl (C=O) groups excluding carboxylic acids is 2. The molecule has 1 amide bonds. The summed E-state index contributed by atoms with van der Waals surface area (Å²) in [5.41, 5.74) is -0.753. The van der Waals surface area contributed by atoms with E-state index in [1.165, 1.54) is 18.2 Å². The molecule has 0 aliphatic carbocycles. The van der Waals surface area contributed by atoms with Crippen molar-refractivity contribution in [3.63, 3.8) is 0 Å². The molecule has 0 spiro atoms. The van der Waals surface area contributed by atoms with Crippen LogP contribution in [0.5, 0.6) is 5.75 Å². The number of fused-ring (bicyclic) bond motifs is 1. The zero-order chi connectivity index (χ0) is 18.4. The number of ketones is 1. The number of amides is 1. The number of halogens is 3. The Kier molecular flexibility index (Phi) is 4.02. The van der Waals surface area contributed by atoms with Crippen molar-refractivity contribution in [2.45, 2.75) is 25.9 Å². The predicted octanol–water partition coefficient (Wildman–Crippen LogP) is 4.10. The summed E-state index contributed by atoms with van der Waals surface area (Å²) in [6, 6.07) is 5.91. The minimum Gasteiger partial charge on any atom is -0.487 e. The van der Waals surface area contributed by atoms with Crippen LogP contribution in [0.15, 0.2) is 30.3 Å². The maximum Gasteiger partial charge on any atom is 0.258 e. The molecule has 0 aromatic heterocycles. The molecule has 0 fully saturated rings. The second kappa shape index (κ2) is 5.91. The van der Waals surface area contributed by atoms with Crippen molar-refractivity contribution < 1.29 is 27.5 Å². The Morgan fingerprint density at radius 2 is 1.84 bits per heavy atom. The van der Waals surface area contributed by atoms with Crippen molar-refractivity contribution in [2.24, 2.45) is 0 Å². The largest absolute Gasteiger partial charge is 0.487 e. The van der Waals surface area contributed by atoms with E-state index in [0.29, 0.717) is 17.4 Å². The van der Waals surface area contributed by atoms with Crippen molar-refractivity contribution >= 4 is 17.4 Å². The highest BCUT2D eigenvalue weighted by molar-refractivity contribution is 6.06. The zero-order valence-electron chi connectivity index (χ0n) is 13.5. The van der Waals surface area contributed by atoms with Gasteiger partial charge in [-0.1, -0.05) is 0 Å². The first-order chi connectivity index (χ1) is 11.7. The van der Waals surface area contributed by atoms with Gasteiger partial charge in [-0.3, -0.25) is 9.59 Å². The lowest BCUT2D eigenvalue weighted by atomic mass is 9.93. The molecular formula is C18H14F3NO3. The molecule has 7 heteroatoms. The predicted molar refractivity (Wildman–Crippen MR) is 84.4 cm³/mol. The smallest absolute Gasteiger partial charge is 0.258 e. The molecule has 1 aliphatic rings. The zero-order valence-corrected chi connectivity index (χ0v) is 13.5. The Balaban J connectivity index is 1.88. The van der Waals surface area contributed by atoms with Crippen LogP contribution in [0.3, 0.4) is 0 Å². The topological polar surface area (TPSA) is 55.4 Å². The number of carbonyl (C=O) groups is 2. The van der Waals surface area contributed by atoms with Crippen molar-refractivity contribution in [1.29, 1.82) is 0 Å². The van der Waals surface area contributed by atoms with E-state index < -0.39 is 34.5 Å². The molecule has 0 saturated heterocycles. The summed E-state index contributed by atoms with van der Waals surface area (Å²) >= 11 is 0. The fraction of sp³-hybridized carbons (Fsp3) is 0.222. The highest BCUT2D eigenvalue weighted by atomic mass is 19.2. The Morgan fingerprint density at radius 1 is 1.12 bits per heavy atom. The van der Waals surface area contributed by atoms with E-state index in [1.54, 1.807) is 13.8 Å². The first-order valence-corrected chi connectivity index (χ1v) is 7.49. The van der Waals surface area contributed by atoms with E-state index in [4.69, 9.17) is 4.74 Å². The number of Topliss-reactive ketones (excluding diaryl/α,β-unsaturated/α-hetero) is 1. The quantitative estimate of drug-likeness (QED) is 0.831. The molecule has 25 heavy (non-hydrogen) atoms. The Labute approximate surface area is 141 Å². The third kappa shape index (κ3) is 3.22. The van der Waals surface area contributed by atoms with Crippen LogP contribution in [0.2, 0.25) is 0 Å². The van der Waals surface area contributed by atoms with E-state index in [0.717, 1.165) is 6.07 Å². The second-order valence-corrected chi connectivity index (χ2v) is 6.35. The third-order valence-corrected chi connectivity index (χ3v) is 3.79. The fourth-order valence-electron chi connectivity index (χ4n) is 2.63. The molecule has 130 valence electrons. The van der Waals surface area contributed by atoms with E-state index >= 15 is 0 Å². The third-order valence-electron chi connectivity index (χ3n) is 3.79. The molecule has 1 N–H and O–H groups in total. The van der Waals surface area contributed by atoms with Crippen LogP contribution in [0.4, 0.5) is 18.9 Å². The van der Waals surface area contributed by atoms with Crippen LogP contribution in [0.1, 0.15) is 41.0 Å². The normalized spacial score (nSPS) is 15.3. The van der Waals surface area contributed by atoms with Crippen LogP contribution in [-0.2, 0) is 0 Å². The van der Waals surface area contributed by atoms with Crippen molar-refractivity contribution in [3.05, 3.63) is 58.9 Å². The van der Waals surface area contributed by atoms with Gasteiger partial charge in [0, 0.05) is 5.69 Å². The van der Waals surface area contributed by atoms with Gasteiger partial charge in [0.15, 0.2) is 23.2 Å². The number of hydrogen-bond donors (Lipinski definition) is 1. The second-order valence-electron chi connectivity index (χ2n) is 6.35. The van der Waals surface area contributed by atoms with Gasteiger partial charge in [-0.15, -0.1) is 0 Å². The van der Waals surface area contributed by atoms with E-state index in [1.807, 2.05) is 0 Å². The summed E-state index contributed by atoms with van der Waals surface area (Å²) in [5.74, 6) is -5.39. The van der Waals surface area contributed by atoms with Crippen LogP contribution in [0, 0.1) is 17.5 Å². The number of nitrogens with one attached hydrogen (secondary N) is 1. The molecular weight excluding hydrogens is 335 g/mol. The molecule has 0 saturated carbocycles. The highest BCUT2D eigenvalue weighted by Crippen LogP contribution is 2.34. The monoisotopic (exact) mass is 349 g/mol. The minimum absolute atomic E-state index is 0.152. The van der Waals surface area contributed by atoms with Gasteiger partial charge in [0.2, 0.25) is 0 Å². The SMILES string of the molecule is CC1(C)CC(=O)c2cc(NC(=O)c3ccc(F)c(F)c3F)ccc2O1. The Hall–Kier alpha value is -2.83. The minimum atomic E-state index is -1.72. The first kappa shape index (κ1) is 17.0. The molecule has 0 unspecified atom stereocenters. The molecule has 0 atom stereocenters. The van der Waals surface area contributed by atoms with E-state index in [-0.39, 0.29) is 17.9 Å². The van der Waals surface area contributed by atoms with Gasteiger partial charge in [-0.05, 0) is 44.2 Å². The molecule has 1 heterocycles. The summed E-state index contributed by atoms with van der Waals surface area (Å²) in [5, 5.41) is 2.36. The van der Waals surface area contributed by atoms with Gasteiger partial charge in [0.25, 0.3) is 5.91 Å². The summed E-state index contributed by atoms with van der Waals surface area (Å²) in [4.78, 5) is 24.3. The molecule has 4 nitrogen and oxygen atoms in total. The molecule has 0 bridgehead atoms. The maximum absolute atomic E-state index is 13.7. The molecule has 3 rings (SSSR count). The van der Waals surface area contributed by atoms with E-state index in [2.05, 4.69) is 5.32 Å². The standard InChI is InChI=1S/C18H14F3NO3/c1-18(2)8-13(23)11-7-9(3-6-14(11)25-18)22-17(24)10-4-5-12(19)16(21)15(10)20/h3-7H,8H2,1-2H3,(H,22,24). The van der Waals surface area contributed by atoms with E-state index in [9.17, 15) is 22.8 Å². The van der Waals surface area contributed by atoms with Crippen LogP contribution in [-0.4, -0.2) is 17.3 Å². The van der Waals surface area contributed by atoms with Crippen LogP contribution in [0.25, 0.3) is 0 Å². The maximum atomic E-state index is 13.7.